The molecule has 0 aromatic heterocycles. The lowest BCUT2D eigenvalue weighted by molar-refractivity contribution is -0.163. The van der Waals surface area contributed by atoms with Crippen LogP contribution in [-0.4, -0.2) is 41.8 Å². The van der Waals surface area contributed by atoms with Gasteiger partial charge in [-0.15, -0.1) is 0 Å². The number of hydrogen-bond donors (Lipinski definition) is 3. The molecule has 1 aliphatic rings. The van der Waals surface area contributed by atoms with E-state index in [0.717, 1.165) is 30.3 Å². The first-order chi connectivity index (χ1) is 16.7. The molecule has 0 aliphatic carbocycles. The van der Waals surface area contributed by atoms with E-state index in [0.29, 0.717) is 0 Å². The second-order valence-electron chi connectivity index (χ2n) is 7.97. The van der Waals surface area contributed by atoms with Gasteiger partial charge in [0.2, 0.25) is 5.96 Å². The molecule has 36 heavy (non-hydrogen) atoms. The second-order valence-corrected chi connectivity index (χ2v) is 8.38. The molecule has 2 aromatic rings. The Morgan fingerprint density at radius 1 is 1.14 bits per heavy atom. The molecule has 6 nitrogen and oxygen atoms in total. The van der Waals surface area contributed by atoms with Crippen molar-refractivity contribution in [2.24, 2.45) is 10.9 Å². The van der Waals surface area contributed by atoms with Gasteiger partial charge in [-0.05, 0) is 36.4 Å². The Morgan fingerprint density at radius 2 is 1.83 bits per heavy atom. The normalized spacial score (nSPS) is 21.5. The standard InChI is InChI=1S/C22H21ClF7N5O/c1-3-35-18(11(2)17(34-35)22(28,29)30)32-20(31-14-6-4-5-13(10-14)21(25,26)27)33-19(36)12-7-8-15(23)16(24)9-12/h4-11,17-18,34H,3H2,1-2H3,(H2,31,32,33,36). The van der Waals surface area contributed by atoms with Crippen molar-refractivity contribution in [3.8, 4) is 0 Å². The molecule has 3 atom stereocenters. The number of benzene rings is 2. The summed E-state index contributed by atoms with van der Waals surface area (Å²) >= 11 is 5.62. The minimum atomic E-state index is -4.66. The molecular formula is C22H21ClF7N5O. The molecule has 1 heterocycles. The summed E-state index contributed by atoms with van der Waals surface area (Å²) in [4.78, 5) is 16.9. The number of nitrogens with zero attached hydrogens (tertiary/aromatic N) is 2. The minimum absolute atomic E-state index is 0.0955. The van der Waals surface area contributed by atoms with Crippen molar-refractivity contribution in [2.75, 3.05) is 11.9 Å². The third-order valence-electron chi connectivity index (χ3n) is 5.44. The average molecular weight is 540 g/mol. The largest absolute Gasteiger partial charge is 0.416 e. The first-order valence-electron chi connectivity index (χ1n) is 10.6. The van der Waals surface area contributed by atoms with Gasteiger partial charge in [-0.3, -0.25) is 10.1 Å². The van der Waals surface area contributed by atoms with Crippen LogP contribution in [0.4, 0.5) is 36.4 Å². The highest BCUT2D eigenvalue weighted by molar-refractivity contribution is 6.30. The zero-order chi connectivity index (χ0) is 26.8. The molecule has 0 radical (unpaired) electrons. The van der Waals surface area contributed by atoms with E-state index < -0.39 is 53.7 Å². The zero-order valence-electron chi connectivity index (χ0n) is 18.8. The maximum Gasteiger partial charge on any atom is 0.416 e. The number of guanidine groups is 1. The molecule has 14 heteroatoms. The summed E-state index contributed by atoms with van der Waals surface area (Å²) < 4.78 is 93.6. The molecule has 3 unspecified atom stereocenters. The average Bonchev–Trinajstić information content (AvgIpc) is 3.10. The number of amides is 1. The number of aliphatic imine (C=N–C) groups is 1. The zero-order valence-corrected chi connectivity index (χ0v) is 19.6. The van der Waals surface area contributed by atoms with Crippen LogP contribution in [0.3, 0.4) is 0 Å². The van der Waals surface area contributed by atoms with E-state index in [1.54, 1.807) is 6.92 Å². The Hall–Kier alpha value is -2.90. The van der Waals surface area contributed by atoms with Gasteiger partial charge >= 0.3 is 12.4 Å². The Morgan fingerprint density at radius 3 is 2.42 bits per heavy atom. The van der Waals surface area contributed by atoms with Gasteiger partial charge in [-0.25, -0.2) is 19.8 Å². The maximum absolute atomic E-state index is 13.8. The molecule has 0 spiro atoms. The van der Waals surface area contributed by atoms with E-state index in [1.165, 1.54) is 24.1 Å². The summed E-state index contributed by atoms with van der Waals surface area (Å²) in [5.74, 6) is -3.38. The van der Waals surface area contributed by atoms with Gasteiger partial charge in [0.25, 0.3) is 5.91 Å². The van der Waals surface area contributed by atoms with Gasteiger partial charge < -0.3 is 5.32 Å². The number of halogens is 8. The number of hydrogen-bond acceptors (Lipinski definition) is 4. The topological polar surface area (TPSA) is 68.8 Å². The molecule has 3 rings (SSSR count). The summed E-state index contributed by atoms with van der Waals surface area (Å²) in [6, 6.07) is 5.14. The molecule has 1 aliphatic heterocycles. The van der Waals surface area contributed by atoms with Crippen molar-refractivity contribution in [3.63, 3.8) is 0 Å². The van der Waals surface area contributed by atoms with Crippen LogP contribution in [0.5, 0.6) is 0 Å². The minimum Gasteiger partial charge on any atom is -0.326 e. The van der Waals surface area contributed by atoms with Crippen molar-refractivity contribution in [1.29, 1.82) is 0 Å². The molecule has 0 saturated carbocycles. The maximum atomic E-state index is 13.8. The van der Waals surface area contributed by atoms with Gasteiger partial charge in [-0.1, -0.05) is 31.5 Å². The van der Waals surface area contributed by atoms with Gasteiger partial charge in [-0.2, -0.15) is 26.3 Å². The molecule has 1 amide bonds. The Kier molecular flexibility index (Phi) is 8.16. The lowest BCUT2D eigenvalue weighted by atomic mass is 10.0. The van der Waals surface area contributed by atoms with E-state index >= 15 is 0 Å². The monoisotopic (exact) mass is 539 g/mol. The number of hydrazine groups is 1. The van der Waals surface area contributed by atoms with Crippen LogP contribution in [0.2, 0.25) is 5.02 Å². The molecule has 1 fully saturated rings. The first-order valence-corrected chi connectivity index (χ1v) is 11.0. The summed E-state index contributed by atoms with van der Waals surface area (Å²) in [6.07, 6.45) is -10.4. The van der Waals surface area contributed by atoms with Crippen molar-refractivity contribution in [1.82, 2.24) is 15.8 Å². The van der Waals surface area contributed by atoms with Crippen molar-refractivity contribution in [3.05, 3.63) is 64.4 Å². The van der Waals surface area contributed by atoms with E-state index in [4.69, 9.17) is 11.6 Å². The van der Waals surface area contributed by atoms with Crippen molar-refractivity contribution >= 4 is 29.2 Å². The lowest BCUT2D eigenvalue weighted by Crippen LogP contribution is -2.45. The highest BCUT2D eigenvalue weighted by Gasteiger charge is 2.52. The number of nitrogens with one attached hydrogen (secondary N) is 3. The van der Waals surface area contributed by atoms with Crippen LogP contribution in [0.1, 0.15) is 29.8 Å². The van der Waals surface area contributed by atoms with E-state index in [1.807, 2.05) is 0 Å². The van der Waals surface area contributed by atoms with Gasteiger partial charge in [0, 0.05) is 23.7 Å². The number of carbonyl (C=O) groups excluding carboxylic acids is 1. The number of alkyl halides is 6. The highest BCUT2D eigenvalue weighted by Crippen LogP contribution is 2.34. The number of rotatable bonds is 4. The second kappa shape index (κ2) is 10.6. The summed E-state index contributed by atoms with van der Waals surface area (Å²) in [7, 11) is 0. The van der Waals surface area contributed by atoms with Crippen LogP contribution in [0.15, 0.2) is 47.5 Å². The highest BCUT2D eigenvalue weighted by atomic mass is 35.5. The molecule has 0 bridgehead atoms. The third kappa shape index (κ3) is 6.45. The fourth-order valence-corrected chi connectivity index (χ4v) is 3.74. The SMILES string of the molecule is CCN1NC(C(F)(F)F)C(C)C1N=C(NC(=O)c1ccc(Cl)c(F)c1)Nc1cccc(C(F)(F)F)c1. The van der Waals surface area contributed by atoms with E-state index in [2.05, 4.69) is 21.1 Å². The van der Waals surface area contributed by atoms with Crippen LogP contribution >= 0.6 is 11.6 Å². The van der Waals surface area contributed by atoms with Gasteiger partial charge in [0.05, 0.1) is 10.6 Å². The predicted molar refractivity (Wildman–Crippen MR) is 120 cm³/mol. The van der Waals surface area contributed by atoms with E-state index in [9.17, 15) is 35.5 Å². The Bertz CT molecular complexity index is 1140. The summed E-state index contributed by atoms with van der Waals surface area (Å²) in [5.41, 5.74) is 0.987. The molecular weight excluding hydrogens is 519 g/mol. The number of carbonyl (C=O) groups is 1. The smallest absolute Gasteiger partial charge is 0.326 e. The summed E-state index contributed by atoms with van der Waals surface area (Å²) in [5, 5.41) is 5.79. The first kappa shape index (κ1) is 27.7. The van der Waals surface area contributed by atoms with Gasteiger partial charge in [0.15, 0.2) is 0 Å². The molecule has 1 saturated heterocycles. The van der Waals surface area contributed by atoms with Crippen molar-refractivity contribution < 1.29 is 35.5 Å². The fourth-order valence-electron chi connectivity index (χ4n) is 3.62. The van der Waals surface area contributed by atoms with Gasteiger partial charge in [0.1, 0.15) is 18.0 Å². The van der Waals surface area contributed by atoms with Crippen molar-refractivity contribution in [2.45, 2.75) is 38.4 Å². The summed E-state index contributed by atoms with van der Waals surface area (Å²) in [6.45, 7) is 2.97. The molecule has 2 aromatic carbocycles. The lowest BCUT2D eigenvalue weighted by Gasteiger charge is -2.22. The van der Waals surface area contributed by atoms with Crippen LogP contribution in [-0.2, 0) is 6.18 Å². The number of anilines is 1. The third-order valence-corrected chi connectivity index (χ3v) is 5.75. The van der Waals surface area contributed by atoms with Crippen LogP contribution < -0.4 is 16.1 Å². The molecule has 3 N–H and O–H groups in total. The van der Waals surface area contributed by atoms with Crippen LogP contribution in [0, 0.1) is 11.7 Å². The predicted octanol–water partition coefficient (Wildman–Crippen LogP) is 5.43. The van der Waals surface area contributed by atoms with E-state index in [-0.39, 0.29) is 22.8 Å². The quantitative estimate of drug-likeness (QED) is 0.275. The molecule has 196 valence electrons. The Balaban J connectivity index is 1.98. The fraction of sp³-hybridized carbons (Fsp3) is 0.364. The Labute approximate surface area is 206 Å². The van der Waals surface area contributed by atoms with Crippen LogP contribution in [0.25, 0.3) is 0 Å².